The van der Waals surface area contributed by atoms with Crippen molar-refractivity contribution in [2.75, 3.05) is 32.6 Å². The topological polar surface area (TPSA) is 76.5 Å². The summed E-state index contributed by atoms with van der Waals surface area (Å²) >= 11 is 1.66. The zero-order chi connectivity index (χ0) is 18.5. The number of imidazole rings is 1. The molecule has 0 radical (unpaired) electrons. The van der Waals surface area contributed by atoms with Crippen LogP contribution in [0.15, 0.2) is 24.3 Å². The fourth-order valence-corrected chi connectivity index (χ4v) is 3.57. The molecular formula is C18H24N4O3S. The summed E-state index contributed by atoms with van der Waals surface area (Å²) in [6.07, 6.45) is 2.01. The molecule has 26 heavy (non-hydrogen) atoms. The Hall–Kier alpha value is -2.06. The molecule has 1 aliphatic rings. The normalized spacial score (nSPS) is 15.8. The highest BCUT2D eigenvalue weighted by Crippen LogP contribution is 2.18. The number of hydrogen-bond acceptors (Lipinski definition) is 5. The van der Waals surface area contributed by atoms with E-state index in [1.807, 2.05) is 35.1 Å². The Bertz CT molecular complexity index is 786. The third-order valence-electron chi connectivity index (χ3n) is 4.38. The minimum Gasteiger partial charge on any atom is -0.378 e. The van der Waals surface area contributed by atoms with Crippen molar-refractivity contribution < 1.29 is 14.3 Å². The van der Waals surface area contributed by atoms with Gasteiger partial charge in [-0.25, -0.2) is 4.98 Å². The van der Waals surface area contributed by atoms with Crippen molar-refractivity contribution in [1.29, 1.82) is 0 Å². The second kappa shape index (κ2) is 8.55. The highest BCUT2D eigenvalue weighted by Gasteiger charge is 2.24. The van der Waals surface area contributed by atoms with E-state index in [1.165, 1.54) is 0 Å². The van der Waals surface area contributed by atoms with E-state index in [-0.39, 0.29) is 18.4 Å². The van der Waals surface area contributed by atoms with Gasteiger partial charge < -0.3 is 19.5 Å². The zero-order valence-corrected chi connectivity index (χ0v) is 15.9. The van der Waals surface area contributed by atoms with Crippen LogP contribution in [0.2, 0.25) is 0 Å². The van der Waals surface area contributed by atoms with Crippen molar-refractivity contribution in [3.8, 4) is 0 Å². The van der Waals surface area contributed by atoms with Crippen LogP contribution in [0.5, 0.6) is 0 Å². The lowest BCUT2D eigenvalue weighted by Gasteiger charge is -2.29. The number of para-hydroxylation sites is 2. The summed E-state index contributed by atoms with van der Waals surface area (Å²) in [5.74, 6) is 1.33. The van der Waals surface area contributed by atoms with E-state index in [2.05, 4.69) is 10.3 Å². The summed E-state index contributed by atoms with van der Waals surface area (Å²) < 4.78 is 7.19. The first-order valence-electron chi connectivity index (χ1n) is 8.69. The van der Waals surface area contributed by atoms with Crippen LogP contribution < -0.4 is 5.32 Å². The summed E-state index contributed by atoms with van der Waals surface area (Å²) in [4.78, 5) is 31.3. The molecular weight excluding hydrogens is 352 g/mol. The number of hydrogen-bond donors (Lipinski definition) is 1. The van der Waals surface area contributed by atoms with Crippen molar-refractivity contribution in [3.05, 3.63) is 30.1 Å². The molecule has 0 aliphatic carbocycles. The van der Waals surface area contributed by atoms with Crippen LogP contribution in [0.4, 0.5) is 0 Å². The maximum atomic E-state index is 12.5. The molecule has 2 heterocycles. The average Bonchev–Trinajstić information content (AvgIpc) is 2.99. The van der Waals surface area contributed by atoms with Crippen LogP contribution in [0.3, 0.4) is 0 Å². The Balaban J connectivity index is 1.68. The summed E-state index contributed by atoms with van der Waals surface area (Å²) in [6.45, 7) is 4.12. The van der Waals surface area contributed by atoms with E-state index in [0.717, 1.165) is 22.6 Å². The number of nitrogens with one attached hydrogen (secondary N) is 1. The first-order chi connectivity index (χ1) is 12.6. The molecule has 140 valence electrons. The molecule has 3 rings (SSSR count). The molecule has 8 heteroatoms. The van der Waals surface area contributed by atoms with Crippen LogP contribution in [-0.2, 0) is 26.6 Å². The summed E-state index contributed by atoms with van der Waals surface area (Å²) in [6, 6.07) is 7.22. The largest absolute Gasteiger partial charge is 0.378 e. The molecule has 1 atom stereocenters. The Labute approximate surface area is 157 Å². The van der Waals surface area contributed by atoms with Crippen molar-refractivity contribution in [2.45, 2.75) is 25.3 Å². The van der Waals surface area contributed by atoms with Crippen LogP contribution >= 0.6 is 11.8 Å². The second-order valence-electron chi connectivity index (χ2n) is 6.26. The van der Waals surface area contributed by atoms with E-state index in [4.69, 9.17) is 4.74 Å². The number of carbonyl (C=O) groups excluding carboxylic acids is 2. The number of ether oxygens (including phenoxy) is 1. The summed E-state index contributed by atoms with van der Waals surface area (Å²) in [7, 11) is 0. The molecule has 0 spiro atoms. The fourth-order valence-electron chi connectivity index (χ4n) is 3.09. The summed E-state index contributed by atoms with van der Waals surface area (Å²) in [5.41, 5.74) is 1.81. The third kappa shape index (κ3) is 4.19. The lowest BCUT2D eigenvalue weighted by Crippen LogP contribution is -2.51. The smallest absolute Gasteiger partial charge is 0.245 e. The van der Waals surface area contributed by atoms with Crippen LogP contribution in [0, 0.1) is 0 Å². The molecule has 1 aliphatic heterocycles. The van der Waals surface area contributed by atoms with Gasteiger partial charge in [-0.15, -0.1) is 0 Å². The monoisotopic (exact) mass is 376 g/mol. The lowest BCUT2D eigenvalue weighted by molar-refractivity contribution is -0.139. The number of benzene rings is 1. The number of rotatable bonds is 6. The van der Waals surface area contributed by atoms with Gasteiger partial charge in [-0.1, -0.05) is 12.1 Å². The fraction of sp³-hybridized carbons (Fsp3) is 0.500. The van der Waals surface area contributed by atoms with Crippen LogP contribution in [-0.4, -0.2) is 64.9 Å². The minimum atomic E-state index is -0.556. The van der Waals surface area contributed by atoms with E-state index in [9.17, 15) is 9.59 Å². The number of nitrogens with zero attached hydrogens (tertiary/aromatic N) is 3. The molecule has 1 saturated heterocycles. The standard InChI is InChI=1S/C18H24N4O3S/c1-13(18(24)21-7-9-25-10-8-21)19-17(23)11-22-15-6-4-3-5-14(15)20-16(22)12-26-2/h3-6,13H,7-12H2,1-2H3,(H,19,23)/t13-/m0/s1. The van der Waals surface area contributed by atoms with Crippen LogP contribution in [0.25, 0.3) is 11.0 Å². The Morgan fingerprint density at radius 2 is 2.04 bits per heavy atom. The van der Waals surface area contributed by atoms with Gasteiger partial charge in [-0.05, 0) is 25.3 Å². The predicted molar refractivity (Wildman–Crippen MR) is 102 cm³/mol. The van der Waals surface area contributed by atoms with Crippen molar-refractivity contribution in [2.24, 2.45) is 0 Å². The first-order valence-corrected chi connectivity index (χ1v) is 10.1. The molecule has 1 aromatic heterocycles. The average molecular weight is 376 g/mol. The quantitative estimate of drug-likeness (QED) is 0.821. The van der Waals surface area contributed by atoms with Gasteiger partial charge in [0.05, 0.1) is 30.0 Å². The molecule has 0 saturated carbocycles. The third-order valence-corrected chi connectivity index (χ3v) is 4.93. The molecule has 7 nitrogen and oxygen atoms in total. The summed E-state index contributed by atoms with van der Waals surface area (Å²) in [5, 5.41) is 2.82. The Morgan fingerprint density at radius 1 is 1.31 bits per heavy atom. The van der Waals surface area contributed by atoms with Gasteiger partial charge in [0.1, 0.15) is 18.4 Å². The number of carbonyl (C=O) groups is 2. The van der Waals surface area contributed by atoms with Gasteiger partial charge in [0.15, 0.2) is 0 Å². The highest BCUT2D eigenvalue weighted by molar-refractivity contribution is 7.97. The molecule has 2 aromatic rings. The van der Waals surface area contributed by atoms with Crippen molar-refractivity contribution in [1.82, 2.24) is 19.8 Å². The minimum absolute atomic E-state index is 0.0681. The van der Waals surface area contributed by atoms with E-state index < -0.39 is 6.04 Å². The van der Waals surface area contributed by atoms with Gasteiger partial charge in [0.25, 0.3) is 0 Å². The van der Waals surface area contributed by atoms with Gasteiger partial charge in [0.2, 0.25) is 11.8 Å². The molecule has 0 bridgehead atoms. The van der Waals surface area contributed by atoms with Gasteiger partial charge in [-0.3, -0.25) is 9.59 Å². The first kappa shape index (κ1) is 18.7. The molecule has 1 aromatic carbocycles. The molecule has 0 unspecified atom stereocenters. The number of aromatic nitrogens is 2. The lowest BCUT2D eigenvalue weighted by atomic mass is 10.2. The Kier molecular flexibility index (Phi) is 6.16. The maximum Gasteiger partial charge on any atom is 0.245 e. The van der Waals surface area contributed by atoms with Gasteiger partial charge >= 0.3 is 0 Å². The van der Waals surface area contributed by atoms with E-state index in [1.54, 1.807) is 23.6 Å². The SMILES string of the molecule is CSCc1nc2ccccc2n1CC(=O)N[C@@H](C)C(=O)N1CCOCC1. The molecule has 1 N–H and O–H groups in total. The molecule has 1 fully saturated rings. The maximum absolute atomic E-state index is 12.5. The number of morpholine rings is 1. The van der Waals surface area contributed by atoms with Crippen molar-refractivity contribution in [3.63, 3.8) is 0 Å². The number of fused-ring (bicyclic) bond motifs is 1. The van der Waals surface area contributed by atoms with Crippen LogP contribution in [0.1, 0.15) is 12.7 Å². The van der Waals surface area contributed by atoms with Crippen molar-refractivity contribution >= 4 is 34.6 Å². The van der Waals surface area contributed by atoms with E-state index in [0.29, 0.717) is 26.3 Å². The van der Waals surface area contributed by atoms with Gasteiger partial charge in [0, 0.05) is 13.1 Å². The predicted octanol–water partition coefficient (Wildman–Crippen LogP) is 1.26. The number of thioether (sulfide) groups is 1. The van der Waals surface area contributed by atoms with E-state index >= 15 is 0 Å². The second-order valence-corrected chi connectivity index (χ2v) is 7.13. The Morgan fingerprint density at radius 3 is 2.77 bits per heavy atom. The van der Waals surface area contributed by atoms with Gasteiger partial charge in [-0.2, -0.15) is 11.8 Å². The molecule has 2 amide bonds. The number of amides is 2. The zero-order valence-electron chi connectivity index (χ0n) is 15.1. The highest BCUT2D eigenvalue weighted by atomic mass is 32.2.